The first-order valence-electron chi connectivity index (χ1n) is 9.80. The number of hydrogen-bond donors (Lipinski definition) is 1. The van der Waals surface area contributed by atoms with Gasteiger partial charge in [-0.25, -0.2) is 19.2 Å². The Labute approximate surface area is 173 Å². The third-order valence-electron chi connectivity index (χ3n) is 5.21. The molecule has 9 nitrogen and oxygen atoms in total. The number of rotatable bonds is 5. The lowest BCUT2D eigenvalue weighted by Crippen LogP contribution is -2.47. The zero-order valence-electron chi connectivity index (χ0n) is 16.6. The monoisotopic (exact) mass is 414 g/mol. The fourth-order valence-electron chi connectivity index (χ4n) is 3.69. The highest BCUT2D eigenvalue weighted by molar-refractivity contribution is 5.90. The number of hydrogen-bond acceptors (Lipinski definition) is 7. The average molecular weight is 414 g/mol. The maximum absolute atomic E-state index is 14.9. The summed E-state index contributed by atoms with van der Waals surface area (Å²) in [5.74, 6) is 0.0662. The van der Waals surface area contributed by atoms with Crippen molar-refractivity contribution >= 4 is 29.3 Å². The van der Waals surface area contributed by atoms with Gasteiger partial charge in [-0.05, 0) is 24.3 Å². The number of piperazine rings is 1. The lowest BCUT2D eigenvalue weighted by Gasteiger charge is -2.36. The molecule has 158 valence electrons. The van der Waals surface area contributed by atoms with E-state index in [1.165, 1.54) is 17.9 Å². The van der Waals surface area contributed by atoms with E-state index in [9.17, 15) is 14.0 Å². The number of benzene rings is 1. The number of carbonyl (C=O) groups is 2. The molecule has 2 aromatic rings. The Hall–Kier alpha value is -3.43. The second-order valence-corrected chi connectivity index (χ2v) is 7.20. The fraction of sp³-hybridized carbons (Fsp3) is 0.400. The molecule has 1 unspecified atom stereocenters. The number of carbonyl (C=O) groups excluding carboxylic acids is 2. The van der Waals surface area contributed by atoms with E-state index in [0.29, 0.717) is 43.5 Å². The van der Waals surface area contributed by atoms with Crippen LogP contribution in [0.5, 0.6) is 0 Å². The number of halogens is 1. The van der Waals surface area contributed by atoms with Crippen molar-refractivity contribution < 1.29 is 18.7 Å². The van der Waals surface area contributed by atoms with Crippen LogP contribution in [0.3, 0.4) is 0 Å². The second-order valence-electron chi connectivity index (χ2n) is 7.20. The molecule has 10 heteroatoms. The van der Waals surface area contributed by atoms with Crippen LogP contribution in [-0.2, 0) is 9.53 Å². The molecule has 1 N–H and O–H groups in total. The number of amides is 2. The van der Waals surface area contributed by atoms with E-state index in [2.05, 4.69) is 20.2 Å². The molecular weight excluding hydrogens is 391 g/mol. The molecule has 2 aliphatic heterocycles. The highest BCUT2D eigenvalue weighted by atomic mass is 19.1. The Morgan fingerprint density at radius 2 is 1.90 bits per heavy atom. The zero-order chi connectivity index (χ0) is 21.1. The lowest BCUT2D eigenvalue weighted by atomic mass is 10.2. The molecule has 0 radical (unpaired) electrons. The topological polar surface area (TPSA) is 90.9 Å². The Balaban J connectivity index is 1.44. The second kappa shape index (κ2) is 8.52. The van der Waals surface area contributed by atoms with E-state index in [1.807, 2.05) is 4.90 Å². The van der Waals surface area contributed by atoms with Crippen LogP contribution in [0.15, 0.2) is 36.7 Å². The third-order valence-corrected chi connectivity index (χ3v) is 5.21. The van der Waals surface area contributed by atoms with Crippen LogP contribution in [0.2, 0.25) is 0 Å². The molecule has 2 amide bonds. The predicted molar refractivity (Wildman–Crippen MR) is 109 cm³/mol. The molecule has 2 saturated heterocycles. The SMILES string of the molecule is CC(=O)NCC1COC(=O)N1c1ccc(N2CCN(c3ncccn3)CC2)c(F)c1. The molecule has 3 heterocycles. The van der Waals surface area contributed by atoms with Gasteiger partial charge < -0.3 is 19.9 Å². The first-order valence-corrected chi connectivity index (χ1v) is 9.80. The summed E-state index contributed by atoms with van der Waals surface area (Å²) in [4.78, 5) is 37.3. The number of cyclic esters (lactones) is 1. The molecule has 0 spiro atoms. The Morgan fingerprint density at radius 3 is 2.57 bits per heavy atom. The van der Waals surface area contributed by atoms with Gasteiger partial charge in [0.25, 0.3) is 0 Å². The summed E-state index contributed by atoms with van der Waals surface area (Å²) >= 11 is 0. The van der Waals surface area contributed by atoms with Gasteiger partial charge in [0.05, 0.1) is 17.4 Å². The van der Waals surface area contributed by atoms with Crippen LogP contribution in [-0.4, -0.2) is 67.3 Å². The van der Waals surface area contributed by atoms with Gasteiger partial charge in [-0.2, -0.15) is 0 Å². The number of nitrogens with one attached hydrogen (secondary N) is 1. The van der Waals surface area contributed by atoms with Gasteiger partial charge in [-0.1, -0.05) is 0 Å². The summed E-state index contributed by atoms with van der Waals surface area (Å²) < 4.78 is 20.0. The van der Waals surface area contributed by atoms with Crippen molar-refractivity contribution in [3.63, 3.8) is 0 Å². The minimum atomic E-state index is -0.547. The first-order chi connectivity index (χ1) is 14.5. The van der Waals surface area contributed by atoms with Crippen LogP contribution in [0.4, 0.5) is 26.5 Å². The number of aromatic nitrogens is 2. The lowest BCUT2D eigenvalue weighted by molar-refractivity contribution is -0.119. The molecule has 1 aromatic carbocycles. The fourth-order valence-corrected chi connectivity index (χ4v) is 3.69. The highest BCUT2D eigenvalue weighted by Crippen LogP contribution is 2.29. The van der Waals surface area contributed by atoms with Gasteiger partial charge in [0.15, 0.2) is 0 Å². The van der Waals surface area contributed by atoms with E-state index in [-0.39, 0.29) is 25.1 Å². The molecule has 2 aliphatic rings. The van der Waals surface area contributed by atoms with Gasteiger partial charge in [0.1, 0.15) is 12.4 Å². The van der Waals surface area contributed by atoms with Crippen molar-refractivity contribution in [2.24, 2.45) is 0 Å². The van der Waals surface area contributed by atoms with E-state index < -0.39 is 11.9 Å². The minimum absolute atomic E-state index is 0.145. The summed E-state index contributed by atoms with van der Waals surface area (Å²) in [6.45, 7) is 4.42. The summed E-state index contributed by atoms with van der Waals surface area (Å²) in [6, 6.07) is 6.13. The number of ether oxygens (including phenoxy) is 1. The molecule has 2 fully saturated rings. The smallest absolute Gasteiger partial charge is 0.414 e. The number of anilines is 3. The van der Waals surface area contributed by atoms with Gasteiger partial charge in [-0.3, -0.25) is 9.69 Å². The largest absolute Gasteiger partial charge is 0.447 e. The Kier molecular flexibility index (Phi) is 5.64. The van der Waals surface area contributed by atoms with Crippen molar-refractivity contribution in [3.05, 3.63) is 42.5 Å². The average Bonchev–Trinajstić information content (AvgIpc) is 3.13. The maximum Gasteiger partial charge on any atom is 0.414 e. The van der Waals surface area contributed by atoms with E-state index >= 15 is 0 Å². The van der Waals surface area contributed by atoms with Crippen molar-refractivity contribution in [2.45, 2.75) is 13.0 Å². The van der Waals surface area contributed by atoms with E-state index in [4.69, 9.17) is 4.74 Å². The summed E-state index contributed by atoms with van der Waals surface area (Å²) in [6.07, 6.45) is 2.86. The molecule has 4 rings (SSSR count). The summed E-state index contributed by atoms with van der Waals surface area (Å²) in [5.41, 5.74) is 0.892. The molecular formula is C20H23FN6O3. The highest BCUT2D eigenvalue weighted by Gasteiger charge is 2.35. The molecule has 1 aromatic heterocycles. The van der Waals surface area contributed by atoms with Crippen LogP contribution in [0, 0.1) is 5.82 Å². The van der Waals surface area contributed by atoms with Gasteiger partial charge >= 0.3 is 6.09 Å². The van der Waals surface area contributed by atoms with Crippen molar-refractivity contribution in [2.75, 3.05) is 54.0 Å². The van der Waals surface area contributed by atoms with Crippen molar-refractivity contribution in [1.29, 1.82) is 0 Å². The van der Waals surface area contributed by atoms with E-state index in [1.54, 1.807) is 30.6 Å². The molecule has 0 bridgehead atoms. The van der Waals surface area contributed by atoms with Gasteiger partial charge in [0, 0.05) is 52.0 Å². The molecule has 0 saturated carbocycles. The first kappa shape index (κ1) is 19.9. The van der Waals surface area contributed by atoms with Gasteiger partial charge in [-0.15, -0.1) is 0 Å². The van der Waals surface area contributed by atoms with Crippen LogP contribution < -0.4 is 20.0 Å². The van der Waals surface area contributed by atoms with Crippen molar-refractivity contribution in [1.82, 2.24) is 15.3 Å². The molecule has 30 heavy (non-hydrogen) atoms. The Morgan fingerprint density at radius 1 is 1.20 bits per heavy atom. The maximum atomic E-state index is 14.9. The summed E-state index contributed by atoms with van der Waals surface area (Å²) in [7, 11) is 0. The third kappa shape index (κ3) is 4.12. The van der Waals surface area contributed by atoms with Crippen LogP contribution >= 0.6 is 0 Å². The predicted octanol–water partition coefficient (Wildman–Crippen LogP) is 1.40. The van der Waals surface area contributed by atoms with Crippen LogP contribution in [0.1, 0.15) is 6.92 Å². The standard InChI is InChI=1S/C20H23FN6O3/c1-14(28)24-12-16-13-30-20(29)27(16)15-3-4-18(17(21)11-15)25-7-9-26(10-8-25)19-22-5-2-6-23-19/h2-6,11,16H,7-10,12-13H2,1H3,(H,24,28). The molecule has 0 aliphatic carbocycles. The number of nitrogens with zero attached hydrogens (tertiary/aromatic N) is 5. The normalized spacial score (nSPS) is 19.1. The van der Waals surface area contributed by atoms with Crippen molar-refractivity contribution in [3.8, 4) is 0 Å². The zero-order valence-corrected chi connectivity index (χ0v) is 16.6. The Bertz CT molecular complexity index is 920. The summed E-state index contributed by atoms with van der Waals surface area (Å²) in [5, 5.41) is 2.67. The van der Waals surface area contributed by atoms with Gasteiger partial charge in [0.2, 0.25) is 11.9 Å². The van der Waals surface area contributed by atoms with E-state index in [0.717, 1.165) is 0 Å². The quantitative estimate of drug-likeness (QED) is 0.791. The molecule has 1 atom stereocenters. The van der Waals surface area contributed by atoms with Crippen LogP contribution in [0.25, 0.3) is 0 Å². The minimum Gasteiger partial charge on any atom is -0.447 e.